The molecule has 0 saturated carbocycles. The molecule has 0 spiro atoms. The fraction of sp³-hybridized carbons (Fsp3) is 0.364. The van der Waals surface area contributed by atoms with E-state index in [1.165, 1.54) is 0 Å². The minimum Gasteiger partial charge on any atom is -0.363 e. The lowest BCUT2D eigenvalue weighted by molar-refractivity contribution is -0.119. The summed E-state index contributed by atoms with van der Waals surface area (Å²) in [7, 11) is 1.94. The molecule has 2 aromatic rings. The van der Waals surface area contributed by atoms with Gasteiger partial charge < -0.3 is 15.2 Å². The predicted molar refractivity (Wildman–Crippen MR) is 63.5 cm³/mol. The van der Waals surface area contributed by atoms with Gasteiger partial charge in [0.1, 0.15) is 5.52 Å². The molecular weight excluding hydrogens is 218 g/mol. The quantitative estimate of drug-likeness (QED) is 0.778. The first-order chi connectivity index (χ1) is 8.24. The maximum atomic E-state index is 11.1. The minimum absolute atomic E-state index is 0.0793. The van der Waals surface area contributed by atoms with Crippen LogP contribution in [-0.4, -0.2) is 33.0 Å². The summed E-state index contributed by atoms with van der Waals surface area (Å²) in [5.41, 5.74) is 1.87. The molecule has 1 aliphatic rings. The number of nitrogens with one attached hydrogen (secondary N) is 2. The number of hydrogen-bond acceptors (Lipinski definition) is 4. The number of carbonyl (C=O) groups is 1. The number of fused-ring (bicyclic) bond motifs is 1. The second-order valence-corrected chi connectivity index (χ2v) is 4.23. The molecule has 1 unspecified atom stereocenters. The SMILES string of the molecule is Cn1cnc2c(NC3CNC(=O)C3)nccc21. The molecule has 1 saturated heterocycles. The Balaban J connectivity index is 1.92. The van der Waals surface area contributed by atoms with Crippen LogP contribution in [0.25, 0.3) is 11.0 Å². The highest BCUT2D eigenvalue weighted by Crippen LogP contribution is 2.20. The summed E-state index contributed by atoms with van der Waals surface area (Å²) < 4.78 is 1.94. The van der Waals surface area contributed by atoms with Crippen LogP contribution >= 0.6 is 0 Å². The first-order valence-electron chi connectivity index (χ1n) is 5.53. The Hall–Kier alpha value is -2.11. The van der Waals surface area contributed by atoms with Crippen LogP contribution in [0.3, 0.4) is 0 Å². The lowest BCUT2D eigenvalue weighted by Crippen LogP contribution is -2.23. The van der Waals surface area contributed by atoms with Crippen LogP contribution in [0.1, 0.15) is 6.42 Å². The van der Waals surface area contributed by atoms with Gasteiger partial charge in [0.2, 0.25) is 5.91 Å². The standard InChI is InChI=1S/C11H13N5O/c1-16-6-14-10-8(16)2-3-12-11(10)15-7-4-9(17)13-5-7/h2-3,6-7H,4-5H2,1H3,(H,12,15)(H,13,17). The van der Waals surface area contributed by atoms with Gasteiger partial charge in [-0.1, -0.05) is 0 Å². The summed E-state index contributed by atoms with van der Waals surface area (Å²) in [5, 5.41) is 6.05. The van der Waals surface area contributed by atoms with E-state index >= 15 is 0 Å². The third-order valence-corrected chi connectivity index (χ3v) is 2.96. The number of carbonyl (C=O) groups excluding carboxylic acids is 1. The number of imidazole rings is 1. The van der Waals surface area contributed by atoms with Crippen molar-refractivity contribution in [3.8, 4) is 0 Å². The number of aromatic nitrogens is 3. The zero-order chi connectivity index (χ0) is 11.8. The van der Waals surface area contributed by atoms with Crippen molar-refractivity contribution >= 4 is 22.8 Å². The van der Waals surface area contributed by atoms with E-state index in [-0.39, 0.29) is 11.9 Å². The number of nitrogens with zero attached hydrogens (tertiary/aromatic N) is 3. The molecule has 0 bridgehead atoms. The van der Waals surface area contributed by atoms with Gasteiger partial charge in [-0.15, -0.1) is 0 Å². The van der Waals surface area contributed by atoms with Gasteiger partial charge >= 0.3 is 0 Å². The Morgan fingerprint density at radius 3 is 3.18 bits per heavy atom. The predicted octanol–water partition coefficient (Wildman–Crippen LogP) is 0.269. The van der Waals surface area contributed by atoms with Gasteiger partial charge in [-0.25, -0.2) is 9.97 Å². The van der Waals surface area contributed by atoms with E-state index in [9.17, 15) is 4.79 Å². The Labute approximate surface area is 98.1 Å². The molecule has 1 amide bonds. The highest BCUT2D eigenvalue weighted by atomic mass is 16.1. The van der Waals surface area contributed by atoms with E-state index in [0.717, 1.165) is 16.9 Å². The average Bonchev–Trinajstić information content (AvgIpc) is 2.88. The molecule has 6 heteroatoms. The fourth-order valence-electron chi connectivity index (χ4n) is 2.07. The van der Waals surface area contributed by atoms with E-state index < -0.39 is 0 Å². The van der Waals surface area contributed by atoms with E-state index in [0.29, 0.717) is 13.0 Å². The Morgan fingerprint density at radius 1 is 1.53 bits per heavy atom. The summed E-state index contributed by atoms with van der Waals surface area (Å²) in [6.45, 7) is 0.643. The van der Waals surface area contributed by atoms with Crippen LogP contribution in [-0.2, 0) is 11.8 Å². The highest BCUT2D eigenvalue weighted by molar-refractivity contribution is 5.86. The van der Waals surface area contributed by atoms with Crippen molar-refractivity contribution in [2.24, 2.45) is 7.05 Å². The van der Waals surface area contributed by atoms with Crippen LogP contribution in [0, 0.1) is 0 Å². The smallest absolute Gasteiger partial charge is 0.222 e. The average molecular weight is 231 g/mol. The second-order valence-electron chi connectivity index (χ2n) is 4.23. The van der Waals surface area contributed by atoms with Crippen LogP contribution in [0.15, 0.2) is 18.6 Å². The Bertz CT molecular complexity index is 576. The number of amides is 1. The number of pyridine rings is 1. The van der Waals surface area contributed by atoms with Crippen LogP contribution in [0.5, 0.6) is 0 Å². The van der Waals surface area contributed by atoms with E-state index in [4.69, 9.17) is 0 Å². The molecule has 0 radical (unpaired) electrons. The molecule has 2 aromatic heterocycles. The molecule has 17 heavy (non-hydrogen) atoms. The number of aryl methyl sites for hydroxylation is 1. The molecular formula is C11H13N5O. The van der Waals surface area contributed by atoms with Gasteiger partial charge in [0, 0.05) is 26.2 Å². The molecule has 88 valence electrons. The largest absolute Gasteiger partial charge is 0.363 e. The zero-order valence-corrected chi connectivity index (χ0v) is 9.47. The third-order valence-electron chi connectivity index (χ3n) is 2.96. The van der Waals surface area contributed by atoms with E-state index in [2.05, 4.69) is 20.6 Å². The van der Waals surface area contributed by atoms with Crippen molar-refractivity contribution in [1.82, 2.24) is 19.9 Å². The molecule has 1 atom stereocenters. The van der Waals surface area contributed by atoms with Gasteiger partial charge in [-0.2, -0.15) is 0 Å². The Kier molecular flexibility index (Phi) is 2.21. The first kappa shape index (κ1) is 10.1. The van der Waals surface area contributed by atoms with Gasteiger partial charge in [-0.05, 0) is 6.07 Å². The summed E-state index contributed by atoms with van der Waals surface area (Å²) in [6.07, 6.45) is 4.00. The molecule has 3 rings (SSSR count). The van der Waals surface area contributed by atoms with Gasteiger partial charge in [0.25, 0.3) is 0 Å². The summed E-state index contributed by atoms with van der Waals surface area (Å²) in [6, 6.07) is 2.02. The van der Waals surface area contributed by atoms with Crippen molar-refractivity contribution in [2.75, 3.05) is 11.9 Å². The highest BCUT2D eigenvalue weighted by Gasteiger charge is 2.22. The molecule has 0 aliphatic carbocycles. The third kappa shape index (κ3) is 1.71. The maximum absolute atomic E-state index is 11.1. The van der Waals surface area contributed by atoms with Crippen molar-refractivity contribution in [1.29, 1.82) is 0 Å². The normalized spacial score (nSPS) is 19.6. The Morgan fingerprint density at radius 2 is 2.41 bits per heavy atom. The molecule has 2 N–H and O–H groups in total. The number of hydrogen-bond donors (Lipinski definition) is 2. The number of anilines is 1. The van der Waals surface area contributed by atoms with Crippen molar-refractivity contribution < 1.29 is 4.79 Å². The summed E-state index contributed by atoms with van der Waals surface area (Å²) >= 11 is 0. The van der Waals surface area contributed by atoms with Gasteiger partial charge in [0.15, 0.2) is 5.82 Å². The van der Waals surface area contributed by atoms with Crippen molar-refractivity contribution in [3.63, 3.8) is 0 Å². The van der Waals surface area contributed by atoms with Gasteiger partial charge in [0.05, 0.1) is 17.9 Å². The molecule has 6 nitrogen and oxygen atoms in total. The lowest BCUT2D eigenvalue weighted by Gasteiger charge is -2.11. The van der Waals surface area contributed by atoms with E-state index in [1.807, 2.05) is 17.7 Å². The number of rotatable bonds is 2. The minimum atomic E-state index is 0.0793. The fourth-order valence-corrected chi connectivity index (χ4v) is 2.07. The molecule has 1 aliphatic heterocycles. The monoisotopic (exact) mass is 231 g/mol. The van der Waals surface area contributed by atoms with Crippen LogP contribution < -0.4 is 10.6 Å². The lowest BCUT2D eigenvalue weighted by atomic mass is 10.2. The summed E-state index contributed by atoms with van der Waals surface area (Å²) in [4.78, 5) is 19.7. The van der Waals surface area contributed by atoms with Crippen molar-refractivity contribution in [2.45, 2.75) is 12.5 Å². The molecule has 0 aromatic carbocycles. The van der Waals surface area contributed by atoms with Crippen molar-refractivity contribution in [3.05, 3.63) is 18.6 Å². The maximum Gasteiger partial charge on any atom is 0.222 e. The second kappa shape index (κ2) is 3.73. The molecule has 3 heterocycles. The van der Waals surface area contributed by atoms with E-state index in [1.54, 1.807) is 12.5 Å². The van der Waals surface area contributed by atoms with Gasteiger partial charge in [-0.3, -0.25) is 4.79 Å². The molecule has 1 fully saturated rings. The topological polar surface area (TPSA) is 71.8 Å². The first-order valence-corrected chi connectivity index (χ1v) is 5.53. The van der Waals surface area contributed by atoms with Crippen LogP contribution in [0.4, 0.5) is 5.82 Å². The van der Waals surface area contributed by atoms with Crippen LogP contribution in [0.2, 0.25) is 0 Å². The zero-order valence-electron chi connectivity index (χ0n) is 9.47. The summed E-state index contributed by atoms with van der Waals surface area (Å²) in [5.74, 6) is 0.820.